The number of benzene rings is 2. The monoisotopic (exact) mass is 1070 g/mol. The fourth-order valence-corrected chi connectivity index (χ4v) is 7.19. The lowest BCUT2D eigenvalue weighted by Gasteiger charge is -2.43. The number of ether oxygens (including phenoxy) is 14. The molecule has 0 spiro atoms. The van der Waals surface area contributed by atoms with Gasteiger partial charge in [0, 0.05) is 25.1 Å². The van der Waals surface area contributed by atoms with Crippen molar-refractivity contribution in [2.24, 2.45) is 0 Å². The number of carbonyl (C=O) groups excluding carboxylic acids is 7. The average Bonchev–Trinajstić information content (AvgIpc) is 3.42. The molecule has 0 aliphatic carbocycles. The lowest BCUT2D eigenvalue weighted by Crippen LogP contribution is -2.64. The molecule has 0 radical (unpaired) electrons. The van der Waals surface area contributed by atoms with E-state index in [2.05, 4.69) is 36.4 Å². The maximum atomic E-state index is 14.1. The van der Waals surface area contributed by atoms with Crippen molar-refractivity contribution >= 4 is 54.0 Å². The number of nitro benzene ring substituents is 1. The molecule has 2 N–H and O–H groups in total. The first-order valence-electron chi connectivity index (χ1n) is 23.2. The van der Waals surface area contributed by atoms with Gasteiger partial charge in [0.25, 0.3) is 5.91 Å². The van der Waals surface area contributed by atoms with Gasteiger partial charge in [-0.25, -0.2) is 24.0 Å². The van der Waals surface area contributed by atoms with Crippen LogP contribution in [-0.4, -0.2) is 161 Å². The molecule has 2 aromatic carbocycles. The van der Waals surface area contributed by atoms with Crippen LogP contribution in [0.2, 0.25) is 0 Å². The van der Waals surface area contributed by atoms with Crippen LogP contribution < -0.4 is 19.5 Å². The third-order valence-electron chi connectivity index (χ3n) is 10.6. The maximum absolute atomic E-state index is 14.1. The highest BCUT2D eigenvalue weighted by Gasteiger charge is 2.55. The quantitative estimate of drug-likeness (QED) is 0.0250. The summed E-state index contributed by atoms with van der Waals surface area (Å²) in [5.74, 6) is -1.43. The number of aliphatic hydroxyl groups is 1. The summed E-state index contributed by atoms with van der Waals surface area (Å²) in [6.45, 7) is 10.8. The molecule has 76 heavy (non-hydrogen) atoms. The maximum Gasteiger partial charge on any atom is 0.509 e. The van der Waals surface area contributed by atoms with E-state index in [4.69, 9.17) is 61.6 Å². The smallest absolute Gasteiger partial charge is 0.493 e. The predicted molar refractivity (Wildman–Crippen MR) is 258 cm³/mol. The van der Waals surface area contributed by atoms with Crippen LogP contribution in [-0.2, 0) is 63.5 Å². The van der Waals surface area contributed by atoms with E-state index in [9.17, 15) is 48.8 Å². The van der Waals surface area contributed by atoms with Crippen molar-refractivity contribution in [3.8, 4) is 17.2 Å². The van der Waals surface area contributed by atoms with Crippen molar-refractivity contribution in [3.05, 3.63) is 102 Å². The number of aliphatic hydroxyl groups excluding tert-OH is 1. The number of methoxy groups -OCH3 is 2. The first kappa shape index (κ1) is 60.0. The van der Waals surface area contributed by atoms with Crippen LogP contribution in [0.25, 0.3) is 0 Å². The van der Waals surface area contributed by atoms with Crippen molar-refractivity contribution in [1.29, 1.82) is 0 Å². The normalized spacial score (nSPS) is 18.6. The van der Waals surface area contributed by atoms with Gasteiger partial charge in [-0.2, -0.15) is 0 Å². The van der Waals surface area contributed by atoms with Crippen LogP contribution in [0.4, 0.5) is 35.3 Å². The van der Waals surface area contributed by atoms with Crippen LogP contribution in [0, 0.1) is 10.1 Å². The molecule has 0 bridgehead atoms. The predicted octanol–water partition coefficient (Wildman–Crippen LogP) is 6.24. The van der Waals surface area contributed by atoms with Crippen LogP contribution >= 0.6 is 0 Å². The summed E-state index contributed by atoms with van der Waals surface area (Å²) in [4.78, 5) is 104. The Balaban J connectivity index is 1.69. The van der Waals surface area contributed by atoms with Gasteiger partial charge in [-0.15, -0.1) is 0 Å². The lowest BCUT2D eigenvalue weighted by molar-refractivity contribution is -0.387. The molecule has 27 nitrogen and oxygen atoms in total. The molecule has 2 aliphatic rings. The lowest BCUT2D eigenvalue weighted by atomic mass is 9.98. The summed E-state index contributed by atoms with van der Waals surface area (Å²) in [6, 6.07) is 5.39. The number of nitrogens with one attached hydrogen (secondary N) is 1. The zero-order valence-electron chi connectivity index (χ0n) is 41.6. The molecule has 2 amide bonds. The van der Waals surface area contributed by atoms with Crippen molar-refractivity contribution in [2.75, 3.05) is 72.3 Å². The molecule has 6 atom stereocenters. The van der Waals surface area contributed by atoms with Gasteiger partial charge in [-0.3, -0.25) is 25.0 Å². The Kier molecular flexibility index (Phi) is 24.6. The highest BCUT2D eigenvalue weighted by atomic mass is 16.8. The minimum atomic E-state index is -2.08. The van der Waals surface area contributed by atoms with Crippen LogP contribution in [0.5, 0.6) is 17.2 Å². The van der Waals surface area contributed by atoms with Crippen LogP contribution in [0.1, 0.15) is 48.0 Å². The summed E-state index contributed by atoms with van der Waals surface area (Å²) in [7, 11) is 2.58. The van der Waals surface area contributed by atoms with Gasteiger partial charge in [0.1, 0.15) is 45.7 Å². The summed E-state index contributed by atoms with van der Waals surface area (Å²) >= 11 is 0. The minimum absolute atomic E-state index is 0.00122. The Labute approximate surface area is 435 Å². The van der Waals surface area contributed by atoms with Crippen molar-refractivity contribution < 1.29 is 110 Å². The SMILES string of the molecule is C=CCOC(=O)OC[C@H]1O[C@@H](Oc2ccc(COC(=O)Nc3cc(OCCCC(=O)OC)c(OC)cc3C(=O)N3CCCC[C@H]3CO)cc2[N+](=O)[O-])[C@H](OC(=O)OCC=C)[C@@H](OC(=O)OCC=C)[C@@H]1OC(=O)OCC=C. The Morgan fingerprint density at radius 3 is 1.99 bits per heavy atom. The van der Waals surface area contributed by atoms with E-state index >= 15 is 0 Å². The number of piperidine rings is 1. The standard InChI is InChI=1S/C49H59N3O24/c1-7-19-66-46(57)71-29-38-40(74-47(58)67-20-8-2)41(75-48(59)68-21-9-3)42(76-49(60)69-22-10-4)44(73-38)72-35-17-16-30(24-34(35)52(61)62)28-70-45(56)50-33-26-37(65-23-13-15-39(54)64-6)36(63-5)25-32(33)43(55)51-18-12-11-14-31(51)27-53/h7-10,16-17,24-26,31,38,40-42,44,53H,1-4,11-15,18-23,27-29H2,5-6H3,(H,50,56)/t31-,38+,40+,41-,42+,44+/m0/s1. The Hall–Kier alpha value is -8.59. The number of carbonyl (C=O) groups is 7. The number of likely N-dealkylation sites (tertiary alicyclic amines) is 1. The topological polar surface area (TPSA) is 327 Å². The number of esters is 1. The third-order valence-corrected chi connectivity index (χ3v) is 10.6. The third kappa shape index (κ3) is 18.1. The number of anilines is 1. The van der Waals surface area contributed by atoms with E-state index in [0.717, 1.165) is 18.6 Å². The Morgan fingerprint density at radius 2 is 1.39 bits per heavy atom. The van der Waals surface area contributed by atoms with E-state index in [1.54, 1.807) is 0 Å². The van der Waals surface area contributed by atoms with Crippen molar-refractivity contribution in [1.82, 2.24) is 4.90 Å². The molecule has 2 aromatic rings. The molecular weight excluding hydrogens is 1010 g/mol. The summed E-state index contributed by atoms with van der Waals surface area (Å²) in [5.41, 5.74) is -0.947. The molecule has 2 saturated heterocycles. The van der Waals surface area contributed by atoms with Crippen LogP contribution in [0.3, 0.4) is 0 Å². The molecule has 2 aliphatic heterocycles. The van der Waals surface area contributed by atoms with Gasteiger partial charge in [0.2, 0.25) is 12.4 Å². The largest absolute Gasteiger partial charge is 0.509 e. The molecular formula is C49H59N3O24. The van der Waals surface area contributed by atoms with Gasteiger partial charge in [0.15, 0.2) is 29.5 Å². The van der Waals surface area contributed by atoms with Crippen LogP contribution in [0.15, 0.2) is 81.0 Å². The van der Waals surface area contributed by atoms with E-state index in [0.29, 0.717) is 19.4 Å². The van der Waals surface area contributed by atoms with E-state index in [1.807, 2.05) is 0 Å². The number of rotatable bonds is 27. The van der Waals surface area contributed by atoms with Gasteiger partial charge in [-0.05, 0) is 43.4 Å². The molecule has 27 heteroatoms. The van der Waals surface area contributed by atoms with E-state index in [1.165, 1.54) is 61.6 Å². The molecule has 414 valence electrons. The van der Waals surface area contributed by atoms with Gasteiger partial charge < -0.3 is 76.3 Å². The summed E-state index contributed by atoms with van der Waals surface area (Å²) in [6.07, 6.45) is -9.55. The minimum Gasteiger partial charge on any atom is -0.493 e. The number of hydrogen-bond acceptors (Lipinski definition) is 24. The number of amides is 2. The number of hydrogen-bond donors (Lipinski definition) is 2. The van der Waals surface area contributed by atoms with Gasteiger partial charge >= 0.3 is 42.4 Å². The zero-order valence-corrected chi connectivity index (χ0v) is 41.6. The van der Waals surface area contributed by atoms with E-state index in [-0.39, 0.29) is 67.6 Å². The Bertz CT molecular complexity index is 2390. The van der Waals surface area contributed by atoms with Gasteiger partial charge in [-0.1, -0.05) is 56.7 Å². The second-order valence-corrected chi connectivity index (χ2v) is 15.8. The first-order valence-corrected chi connectivity index (χ1v) is 23.2. The highest BCUT2D eigenvalue weighted by molar-refractivity contribution is 6.03. The molecule has 0 aromatic heterocycles. The number of nitro groups is 1. The molecule has 0 saturated carbocycles. The summed E-state index contributed by atoms with van der Waals surface area (Å²) < 4.78 is 74.8. The zero-order chi connectivity index (χ0) is 55.6. The second kappa shape index (κ2) is 31.2. The molecule has 4 rings (SSSR count). The van der Waals surface area contributed by atoms with Crippen molar-refractivity contribution in [2.45, 2.75) is 75.5 Å². The highest BCUT2D eigenvalue weighted by Crippen LogP contribution is 2.38. The second-order valence-electron chi connectivity index (χ2n) is 15.8. The summed E-state index contributed by atoms with van der Waals surface area (Å²) in [5, 5.41) is 25.3. The number of nitrogens with zero attached hydrogens (tertiary/aromatic N) is 2. The fraction of sp³-hybridized carbons (Fsp3) is 0.449. The molecule has 2 heterocycles. The average molecular weight is 1070 g/mol. The van der Waals surface area contributed by atoms with E-state index < -0.39 is 122 Å². The van der Waals surface area contributed by atoms with Crippen molar-refractivity contribution in [3.63, 3.8) is 0 Å². The molecule has 2 fully saturated rings. The Morgan fingerprint density at radius 1 is 0.776 bits per heavy atom. The van der Waals surface area contributed by atoms with Gasteiger partial charge in [0.05, 0.1) is 49.6 Å². The first-order chi connectivity index (χ1) is 36.6. The fourth-order valence-electron chi connectivity index (χ4n) is 7.19. The molecule has 0 unspecified atom stereocenters.